The summed E-state index contributed by atoms with van der Waals surface area (Å²) in [4.78, 5) is 0. The molecule has 0 spiro atoms. The van der Waals surface area contributed by atoms with Gasteiger partial charge in [-0.1, -0.05) is 13.8 Å². The van der Waals surface area contributed by atoms with Crippen LogP contribution < -0.4 is 5.32 Å². The highest BCUT2D eigenvalue weighted by Gasteiger charge is 2.29. The maximum absolute atomic E-state index is 12.0. The molecule has 1 saturated carbocycles. The first kappa shape index (κ1) is 16.0. The third-order valence-corrected chi connectivity index (χ3v) is 6.68. The van der Waals surface area contributed by atoms with Crippen molar-refractivity contribution >= 4 is 9.84 Å². The molecule has 1 fully saturated rings. The van der Waals surface area contributed by atoms with Gasteiger partial charge in [0.2, 0.25) is 0 Å². The Balaban J connectivity index is 2.32. The fraction of sp³-hybridized carbons (Fsp3) is 1.00. The number of sulfone groups is 1. The third-order valence-electron chi connectivity index (χ3n) is 4.08. The molecule has 0 aromatic heterocycles. The van der Waals surface area contributed by atoms with Crippen molar-refractivity contribution < 1.29 is 8.42 Å². The van der Waals surface area contributed by atoms with E-state index in [2.05, 4.69) is 19.2 Å². The van der Waals surface area contributed by atoms with Gasteiger partial charge in [0.15, 0.2) is 9.84 Å². The predicted molar refractivity (Wildman–Crippen MR) is 77.6 cm³/mol. The van der Waals surface area contributed by atoms with Gasteiger partial charge in [-0.3, -0.25) is 0 Å². The highest BCUT2D eigenvalue weighted by atomic mass is 32.2. The maximum atomic E-state index is 12.0. The van der Waals surface area contributed by atoms with E-state index in [0.29, 0.717) is 18.0 Å². The van der Waals surface area contributed by atoms with Gasteiger partial charge in [0.05, 0.1) is 10.5 Å². The smallest absolute Gasteiger partial charge is 0.156 e. The van der Waals surface area contributed by atoms with E-state index >= 15 is 0 Å². The summed E-state index contributed by atoms with van der Waals surface area (Å²) in [6.45, 7) is 10.5. The third kappa shape index (κ3) is 4.54. The van der Waals surface area contributed by atoms with Crippen molar-refractivity contribution in [2.75, 3.05) is 12.3 Å². The molecule has 0 aliphatic heterocycles. The molecule has 0 saturated heterocycles. The molecule has 18 heavy (non-hydrogen) atoms. The molecular weight excluding hydrogens is 246 g/mol. The Morgan fingerprint density at radius 2 is 1.67 bits per heavy atom. The van der Waals surface area contributed by atoms with E-state index in [-0.39, 0.29) is 5.75 Å². The fourth-order valence-corrected chi connectivity index (χ4v) is 3.31. The van der Waals surface area contributed by atoms with Crippen molar-refractivity contribution in [1.29, 1.82) is 0 Å². The summed E-state index contributed by atoms with van der Waals surface area (Å²) in [5.74, 6) is 0.246. The summed E-state index contributed by atoms with van der Waals surface area (Å²) in [6, 6.07) is 0.508. The van der Waals surface area contributed by atoms with Gasteiger partial charge in [0.25, 0.3) is 0 Å². The monoisotopic (exact) mass is 275 g/mol. The zero-order valence-electron chi connectivity index (χ0n) is 12.5. The number of hydrogen-bond acceptors (Lipinski definition) is 3. The van der Waals surface area contributed by atoms with Gasteiger partial charge < -0.3 is 5.32 Å². The van der Waals surface area contributed by atoms with Crippen LogP contribution in [0.15, 0.2) is 0 Å². The van der Waals surface area contributed by atoms with Crippen LogP contribution >= 0.6 is 0 Å². The van der Waals surface area contributed by atoms with Crippen LogP contribution in [0.4, 0.5) is 0 Å². The first-order valence-electron chi connectivity index (χ1n) is 6.99. The molecule has 108 valence electrons. The number of hydrogen-bond donors (Lipinski definition) is 1. The largest absolute Gasteiger partial charge is 0.313 e. The summed E-state index contributed by atoms with van der Waals surface area (Å²) in [6.07, 6.45) is 4.80. The lowest BCUT2D eigenvalue weighted by molar-refractivity contribution is 0.208. The average Bonchev–Trinajstić information content (AvgIpc) is 2.18. The summed E-state index contributed by atoms with van der Waals surface area (Å²) >= 11 is 0. The normalized spacial score (nSPS) is 22.1. The Hall–Kier alpha value is -0.0900. The van der Waals surface area contributed by atoms with Gasteiger partial charge in [-0.05, 0) is 51.9 Å². The minimum atomic E-state index is -2.98. The zero-order valence-corrected chi connectivity index (χ0v) is 13.4. The molecule has 0 heterocycles. The van der Waals surface area contributed by atoms with Gasteiger partial charge in [0, 0.05) is 12.6 Å². The van der Waals surface area contributed by atoms with Crippen LogP contribution in [0.2, 0.25) is 0 Å². The molecule has 0 aromatic rings. The Labute approximate surface area is 113 Å². The van der Waals surface area contributed by atoms with Crippen LogP contribution in [-0.4, -0.2) is 31.5 Å². The molecule has 4 heteroatoms. The second kappa shape index (κ2) is 5.49. The zero-order chi connectivity index (χ0) is 14.0. The quantitative estimate of drug-likeness (QED) is 0.858. The van der Waals surface area contributed by atoms with Gasteiger partial charge in [-0.15, -0.1) is 0 Å². The molecule has 1 aliphatic carbocycles. The van der Waals surface area contributed by atoms with Crippen LogP contribution in [0.5, 0.6) is 0 Å². The SMILES string of the molecule is CC1(C)CCC(NCCS(=O)(=O)C(C)(C)C)CC1. The molecule has 0 amide bonds. The van der Waals surface area contributed by atoms with Crippen molar-refractivity contribution in [2.24, 2.45) is 5.41 Å². The number of nitrogens with one attached hydrogen (secondary N) is 1. The lowest BCUT2D eigenvalue weighted by Crippen LogP contribution is -2.40. The molecular formula is C14H29NO2S. The van der Waals surface area contributed by atoms with E-state index < -0.39 is 14.6 Å². The molecule has 1 N–H and O–H groups in total. The van der Waals surface area contributed by atoms with Crippen LogP contribution in [0.3, 0.4) is 0 Å². The van der Waals surface area contributed by atoms with Crippen molar-refractivity contribution in [2.45, 2.75) is 71.1 Å². The molecule has 1 aliphatic rings. The summed E-state index contributed by atoms with van der Waals surface area (Å²) in [7, 11) is -2.98. The van der Waals surface area contributed by atoms with Crippen LogP contribution in [-0.2, 0) is 9.84 Å². The van der Waals surface area contributed by atoms with Crippen LogP contribution in [0, 0.1) is 5.41 Å². The molecule has 1 rings (SSSR count). The topological polar surface area (TPSA) is 46.2 Å². The van der Waals surface area contributed by atoms with Crippen molar-refractivity contribution in [3.63, 3.8) is 0 Å². The minimum Gasteiger partial charge on any atom is -0.313 e. The van der Waals surface area contributed by atoms with Crippen LogP contribution in [0.25, 0.3) is 0 Å². The van der Waals surface area contributed by atoms with E-state index in [4.69, 9.17) is 0 Å². The van der Waals surface area contributed by atoms with Gasteiger partial charge in [0.1, 0.15) is 0 Å². The highest BCUT2D eigenvalue weighted by Crippen LogP contribution is 2.34. The van der Waals surface area contributed by atoms with E-state index in [1.165, 1.54) is 25.7 Å². The minimum absolute atomic E-state index is 0.246. The molecule has 0 bridgehead atoms. The molecule has 0 unspecified atom stereocenters. The predicted octanol–water partition coefficient (Wildman–Crippen LogP) is 2.76. The second-order valence-corrected chi connectivity index (χ2v) is 10.2. The van der Waals surface area contributed by atoms with E-state index in [1.54, 1.807) is 20.8 Å². The fourth-order valence-electron chi connectivity index (χ4n) is 2.31. The standard InChI is InChI=1S/C14H29NO2S/c1-13(2,3)18(16,17)11-10-15-12-6-8-14(4,5)9-7-12/h12,15H,6-11H2,1-5H3. The van der Waals surface area contributed by atoms with E-state index in [0.717, 1.165) is 0 Å². The molecule has 3 nitrogen and oxygen atoms in total. The van der Waals surface area contributed by atoms with E-state index in [9.17, 15) is 8.42 Å². The Bertz CT molecular complexity index is 356. The van der Waals surface area contributed by atoms with Crippen molar-refractivity contribution in [3.8, 4) is 0 Å². The van der Waals surface area contributed by atoms with Crippen molar-refractivity contribution in [1.82, 2.24) is 5.32 Å². The summed E-state index contributed by atoms with van der Waals surface area (Å²) in [5, 5.41) is 3.41. The average molecular weight is 275 g/mol. The molecule has 0 atom stereocenters. The van der Waals surface area contributed by atoms with Gasteiger partial charge in [-0.25, -0.2) is 8.42 Å². The molecule has 0 aromatic carbocycles. The highest BCUT2D eigenvalue weighted by molar-refractivity contribution is 7.92. The Morgan fingerprint density at radius 1 is 1.17 bits per heavy atom. The van der Waals surface area contributed by atoms with Crippen LogP contribution in [0.1, 0.15) is 60.3 Å². The first-order valence-corrected chi connectivity index (χ1v) is 8.64. The molecule has 0 radical (unpaired) electrons. The Morgan fingerprint density at radius 3 is 2.11 bits per heavy atom. The number of rotatable bonds is 4. The Kier molecular flexibility index (Phi) is 4.87. The summed E-state index contributed by atoms with van der Waals surface area (Å²) in [5.41, 5.74) is 0.468. The van der Waals surface area contributed by atoms with Gasteiger partial charge in [-0.2, -0.15) is 0 Å². The lowest BCUT2D eigenvalue weighted by atomic mass is 9.75. The summed E-state index contributed by atoms with van der Waals surface area (Å²) < 4.78 is 23.3. The first-order chi connectivity index (χ1) is 8.04. The van der Waals surface area contributed by atoms with Crippen molar-refractivity contribution in [3.05, 3.63) is 0 Å². The lowest BCUT2D eigenvalue weighted by Gasteiger charge is -2.34. The second-order valence-electron chi connectivity index (χ2n) is 7.32. The van der Waals surface area contributed by atoms with Gasteiger partial charge >= 0.3 is 0 Å². The van der Waals surface area contributed by atoms with E-state index in [1.807, 2.05) is 0 Å². The maximum Gasteiger partial charge on any atom is 0.156 e.